The van der Waals surface area contributed by atoms with Gasteiger partial charge in [0, 0.05) is 11.0 Å². The minimum Gasteiger partial charge on any atom is -0.422 e. The lowest BCUT2D eigenvalue weighted by Crippen LogP contribution is -2.15. The summed E-state index contributed by atoms with van der Waals surface area (Å²) in [5, 5.41) is 1.89. The highest BCUT2D eigenvalue weighted by atomic mass is 16.5. The Morgan fingerprint density at radius 2 is 1.95 bits per heavy atom. The Morgan fingerprint density at radius 3 is 2.80 bits per heavy atom. The lowest BCUT2D eigenvalue weighted by atomic mass is 9.93. The standard InChI is InChI=1S/C18H17O2/c1-13-7-2-4-10-15(13)18(19)20-17-12-6-9-14-8-3-5-11-16(14)17/h3,5-6,8-9,12H,2,4,7,10H2,1H3. The average Bonchev–Trinajstić information content (AvgIpc) is 2.48. The summed E-state index contributed by atoms with van der Waals surface area (Å²) in [6.45, 7) is 2.03. The highest BCUT2D eigenvalue weighted by Gasteiger charge is 2.19. The first-order valence-corrected chi connectivity index (χ1v) is 7.06. The lowest BCUT2D eigenvalue weighted by Gasteiger charge is -2.16. The summed E-state index contributed by atoms with van der Waals surface area (Å²) in [7, 11) is 0. The van der Waals surface area contributed by atoms with Crippen molar-refractivity contribution in [2.45, 2.75) is 32.6 Å². The molecule has 2 heteroatoms. The Kier molecular flexibility index (Phi) is 3.55. The number of ether oxygens (including phenoxy) is 1. The second-order valence-corrected chi connectivity index (χ2v) is 5.25. The van der Waals surface area contributed by atoms with Crippen LogP contribution in [0.15, 0.2) is 47.5 Å². The van der Waals surface area contributed by atoms with E-state index in [1.165, 1.54) is 12.0 Å². The lowest BCUT2D eigenvalue weighted by molar-refractivity contribution is -0.130. The summed E-state index contributed by atoms with van der Waals surface area (Å²) in [6, 6.07) is 14.6. The second kappa shape index (κ2) is 5.49. The van der Waals surface area contributed by atoms with Crippen molar-refractivity contribution in [3.8, 4) is 5.75 Å². The van der Waals surface area contributed by atoms with Crippen molar-refractivity contribution in [3.05, 3.63) is 53.6 Å². The first-order valence-electron chi connectivity index (χ1n) is 7.06. The van der Waals surface area contributed by atoms with Crippen LogP contribution in [0.25, 0.3) is 10.8 Å². The molecule has 0 aromatic heterocycles. The van der Waals surface area contributed by atoms with Crippen LogP contribution in [0.5, 0.6) is 5.75 Å². The SMILES string of the molecule is CC1=C(C(=O)Oc2cccc3ccc[c]c23)CCCC1. The highest BCUT2D eigenvalue weighted by Crippen LogP contribution is 2.29. The second-order valence-electron chi connectivity index (χ2n) is 5.25. The number of esters is 1. The molecular weight excluding hydrogens is 248 g/mol. The maximum atomic E-state index is 12.3. The summed E-state index contributed by atoms with van der Waals surface area (Å²) in [5.41, 5.74) is 2.02. The molecule has 101 valence electrons. The van der Waals surface area contributed by atoms with Crippen LogP contribution in [0, 0.1) is 6.07 Å². The van der Waals surface area contributed by atoms with E-state index in [1.54, 1.807) is 0 Å². The number of fused-ring (bicyclic) bond motifs is 1. The van der Waals surface area contributed by atoms with Crippen molar-refractivity contribution in [1.82, 2.24) is 0 Å². The van der Waals surface area contributed by atoms with Gasteiger partial charge < -0.3 is 4.74 Å². The van der Waals surface area contributed by atoms with E-state index in [-0.39, 0.29) is 5.97 Å². The van der Waals surface area contributed by atoms with Gasteiger partial charge in [0.05, 0.1) is 0 Å². The predicted octanol–water partition coefficient (Wildman–Crippen LogP) is 4.44. The number of benzene rings is 2. The van der Waals surface area contributed by atoms with E-state index in [4.69, 9.17) is 4.74 Å². The van der Waals surface area contributed by atoms with Gasteiger partial charge in [-0.05, 0) is 50.1 Å². The Bertz CT molecular complexity index is 677. The first kappa shape index (κ1) is 12.9. The van der Waals surface area contributed by atoms with Crippen LogP contribution in [-0.2, 0) is 4.79 Å². The molecule has 0 amide bonds. The van der Waals surface area contributed by atoms with Gasteiger partial charge >= 0.3 is 5.97 Å². The van der Waals surface area contributed by atoms with Crippen LogP contribution in [0.4, 0.5) is 0 Å². The number of carbonyl (C=O) groups excluding carboxylic acids is 1. The maximum Gasteiger partial charge on any atom is 0.339 e. The number of allylic oxidation sites excluding steroid dienone is 1. The largest absolute Gasteiger partial charge is 0.422 e. The molecule has 0 atom stereocenters. The zero-order chi connectivity index (χ0) is 13.9. The summed E-state index contributed by atoms with van der Waals surface area (Å²) in [6.07, 6.45) is 4.08. The highest BCUT2D eigenvalue weighted by molar-refractivity contribution is 5.95. The molecule has 0 heterocycles. The van der Waals surface area contributed by atoms with Crippen molar-refractivity contribution in [2.75, 3.05) is 0 Å². The van der Waals surface area contributed by atoms with E-state index in [9.17, 15) is 4.79 Å². The monoisotopic (exact) mass is 265 g/mol. The van der Waals surface area contributed by atoms with Gasteiger partial charge in [-0.15, -0.1) is 0 Å². The normalized spacial score (nSPS) is 15.4. The topological polar surface area (TPSA) is 26.3 Å². The smallest absolute Gasteiger partial charge is 0.339 e. The zero-order valence-corrected chi connectivity index (χ0v) is 11.6. The number of rotatable bonds is 2. The van der Waals surface area contributed by atoms with Crippen LogP contribution in [0.1, 0.15) is 32.6 Å². The molecule has 3 rings (SSSR count). The third kappa shape index (κ3) is 2.46. The van der Waals surface area contributed by atoms with Crippen LogP contribution in [0.3, 0.4) is 0 Å². The molecule has 1 aliphatic rings. The number of carbonyl (C=O) groups is 1. The van der Waals surface area contributed by atoms with Gasteiger partial charge in [0.2, 0.25) is 0 Å². The summed E-state index contributed by atoms with van der Waals surface area (Å²) < 4.78 is 5.61. The number of hydrogen-bond donors (Lipinski definition) is 0. The van der Waals surface area contributed by atoms with E-state index < -0.39 is 0 Å². The Balaban J connectivity index is 1.92. The fraction of sp³-hybridized carbons (Fsp3) is 0.278. The van der Waals surface area contributed by atoms with Gasteiger partial charge in [-0.25, -0.2) is 4.79 Å². The van der Waals surface area contributed by atoms with Gasteiger partial charge in [0.25, 0.3) is 0 Å². The fourth-order valence-electron chi connectivity index (χ4n) is 2.70. The van der Waals surface area contributed by atoms with Crippen molar-refractivity contribution in [1.29, 1.82) is 0 Å². The minimum atomic E-state index is -0.202. The van der Waals surface area contributed by atoms with Crippen molar-refractivity contribution < 1.29 is 9.53 Å². The van der Waals surface area contributed by atoms with Crippen LogP contribution in [-0.4, -0.2) is 5.97 Å². The third-order valence-corrected chi connectivity index (χ3v) is 3.85. The molecule has 0 fully saturated rings. The quantitative estimate of drug-likeness (QED) is 0.593. The van der Waals surface area contributed by atoms with Crippen LogP contribution < -0.4 is 4.74 Å². The molecule has 1 radical (unpaired) electrons. The van der Waals surface area contributed by atoms with Crippen molar-refractivity contribution in [2.24, 2.45) is 0 Å². The van der Waals surface area contributed by atoms with Crippen molar-refractivity contribution in [3.63, 3.8) is 0 Å². The summed E-state index contributed by atoms with van der Waals surface area (Å²) in [5.74, 6) is 0.394. The van der Waals surface area contributed by atoms with Gasteiger partial charge in [-0.2, -0.15) is 0 Å². The van der Waals surface area contributed by atoms with Crippen LogP contribution in [0.2, 0.25) is 0 Å². The van der Waals surface area contributed by atoms with Crippen molar-refractivity contribution >= 4 is 16.7 Å². The third-order valence-electron chi connectivity index (χ3n) is 3.85. The molecule has 0 bridgehead atoms. The molecule has 0 unspecified atom stereocenters. The zero-order valence-electron chi connectivity index (χ0n) is 11.6. The molecule has 1 aliphatic carbocycles. The van der Waals surface area contributed by atoms with E-state index >= 15 is 0 Å². The molecule has 2 aromatic rings. The first-order chi connectivity index (χ1) is 9.75. The summed E-state index contributed by atoms with van der Waals surface area (Å²) in [4.78, 5) is 12.3. The van der Waals surface area contributed by atoms with Gasteiger partial charge in [-0.3, -0.25) is 0 Å². The van der Waals surface area contributed by atoms with Crippen LogP contribution >= 0.6 is 0 Å². The van der Waals surface area contributed by atoms with E-state index in [0.29, 0.717) is 5.75 Å². The molecule has 2 nitrogen and oxygen atoms in total. The molecular formula is C18H17O2. The van der Waals surface area contributed by atoms with E-state index in [1.807, 2.05) is 43.3 Å². The molecule has 20 heavy (non-hydrogen) atoms. The molecule has 0 saturated heterocycles. The van der Waals surface area contributed by atoms with E-state index in [0.717, 1.165) is 35.6 Å². The molecule has 0 spiro atoms. The molecule has 0 N–H and O–H groups in total. The molecule has 0 saturated carbocycles. The predicted molar refractivity (Wildman–Crippen MR) is 79.6 cm³/mol. The Morgan fingerprint density at radius 1 is 1.15 bits per heavy atom. The fourth-order valence-corrected chi connectivity index (χ4v) is 2.70. The van der Waals surface area contributed by atoms with Gasteiger partial charge in [-0.1, -0.05) is 35.9 Å². The minimum absolute atomic E-state index is 0.202. The summed E-state index contributed by atoms with van der Waals surface area (Å²) >= 11 is 0. The van der Waals surface area contributed by atoms with E-state index in [2.05, 4.69) is 6.07 Å². The van der Waals surface area contributed by atoms with Gasteiger partial charge in [0.1, 0.15) is 5.75 Å². The Hall–Kier alpha value is -2.09. The maximum absolute atomic E-state index is 12.3. The van der Waals surface area contributed by atoms with Gasteiger partial charge in [0.15, 0.2) is 0 Å². The number of hydrogen-bond acceptors (Lipinski definition) is 2. The average molecular weight is 265 g/mol. The molecule has 0 aliphatic heterocycles. The Labute approximate surface area is 119 Å². The molecule has 2 aromatic carbocycles.